The molecule has 0 aromatic heterocycles. The Bertz CT molecular complexity index is 390. The van der Waals surface area contributed by atoms with Crippen molar-refractivity contribution in [2.24, 2.45) is 5.92 Å². The van der Waals surface area contributed by atoms with Crippen LogP contribution in [0.3, 0.4) is 0 Å². The smallest absolute Gasteiger partial charge is 0.255 e. The van der Waals surface area contributed by atoms with E-state index in [9.17, 15) is 9.90 Å². The van der Waals surface area contributed by atoms with Gasteiger partial charge in [0.1, 0.15) is 11.5 Å². The Morgan fingerprint density at radius 2 is 2.24 bits per heavy atom. The highest BCUT2D eigenvalue weighted by Gasteiger charge is 2.12. The van der Waals surface area contributed by atoms with Crippen LogP contribution in [0, 0.1) is 5.92 Å². The van der Waals surface area contributed by atoms with Gasteiger partial charge in [-0.2, -0.15) is 0 Å². The standard InChI is InChI=1S/C13H19NO3/c1-4-9(2)8-14-13(16)11-7-10(17-3)5-6-12(11)15/h5-7,9,15H,4,8H2,1-3H3,(H,14,16). The van der Waals surface area contributed by atoms with Crippen molar-refractivity contribution >= 4 is 5.91 Å². The van der Waals surface area contributed by atoms with Crippen molar-refractivity contribution in [2.75, 3.05) is 13.7 Å². The summed E-state index contributed by atoms with van der Waals surface area (Å²) in [6.07, 6.45) is 1.00. The number of methoxy groups -OCH3 is 1. The Hall–Kier alpha value is -1.71. The number of carbonyl (C=O) groups is 1. The van der Waals surface area contributed by atoms with Gasteiger partial charge in [-0.15, -0.1) is 0 Å². The number of benzene rings is 1. The molecule has 1 aromatic carbocycles. The zero-order valence-electron chi connectivity index (χ0n) is 10.5. The molecular weight excluding hydrogens is 218 g/mol. The number of phenols is 1. The van der Waals surface area contributed by atoms with E-state index >= 15 is 0 Å². The van der Waals surface area contributed by atoms with Gasteiger partial charge < -0.3 is 15.2 Å². The van der Waals surface area contributed by atoms with Gasteiger partial charge in [0, 0.05) is 6.54 Å². The Morgan fingerprint density at radius 3 is 2.82 bits per heavy atom. The lowest BCUT2D eigenvalue weighted by Crippen LogP contribution is -2.28. The molecule has 0 spiro atoms. The van der Waals surface area contributed by atoms with Crippen molar-refractivity contribution in [3.63, 3.8) is 0 Å². The predicted octanol–water partition coefficient (Wildman–Crippen LogP) is 2.18. The highest BCUT2D eigenvalue weighted by molar-refractivity contribution is 5.97. The summed E-state index contributed by atoms with van der Waals surface area (Å²) < 4.78 is 5.02. The fraction of sp³-hybridized carbons (Fsp3) is 0.462. The maximum absolute atomic E-state index is 11.8. The molecule has 0 aliphatic heterocycles. The number of rotatable bonds is 5. The topological polar surface area (TPSA) is 58.6 Å². The van der Waals surface area contributed by atoms with Gasteiger partial charge in [-0.3, -0.25) is 4.79 Å². The fourth-order valence-corrected chi connectivity index (χ4v) is 1.33. The van der Waals surface area contributed by atoms with E-state index in [-0.39, 0.29) is 17.2 Å². The third-order valence-corrected chi connectivity index (χ3v) is 2.76. The van der Waals surface area contributed by atoms with Gasteiger partial charge in [-0.05, 0) is 24.1 Å². The van der Waals surface area contributed by atoms with Crippen molar-refractivity contribution < 1.29 is 14.6 Å². The van der Waals surface area contributed by atoms with E-state index in [0.29, 0.717) is 18.2 Å². The number of hydrogen-bond acceptors (Lipinski definition) is 3. The van der Waals surface area contributed by atoms with Crippen LogP contribution >= 0.6 is 0 Å². The number of nitrogens with one attached hydrogen (secondary N) is 1. The lowest BCUT2D eigenvalue weighted by molar-refractivity contribution is 0.0945. The van der Waals surface area contributed by atoms with E-state index in [1.807, 2.05) is 0 Å². The van der Waals surface area contributed by atoms with E-state index in [2.05, 4.69) is 19.2 Å². The summed E-state index contributed by atoms with van der Waals surface area (Å²) in [6.45, 7) is 4.73. The Morgan fingerprint density at radius 1 is 1.53 bits per heavy atom. The molecular formula is C13H19NO3. The lowest BCUT2D eigenvalue weighted by Gasteiger charge is -2.11. The summed E-state index contributed by atoms with van der Waals surface area (Å²) in [6, 6.07) is 4.60. The summed E-state index contributed by atoms with van der Waals surface area (Å²) >= 11 is 0. The molecule has 2 N–H and O–H groups in total. The van der Waals surface area contributed by atoms with E-state index in [4.69, 9.17) is 4.74 Å². The van der Waals surface area contributed by atoms with Crippen molar-refractivity contribution in [3.05, 3.63) is 23.8 Å². The van der Waals surface area contributed by atoms with Crippen molar-refractivity contribution in [1.29, 1.82) is 0 Å². The van der Waals surface area contributed by atoms with Crippen LogP contribution in [0.1, 0.15) is 30.6 Å². The van der Waals surface area contributed by atoms with E-state index < -0.39 is 0 Å². The molecule has 0 fully saturated rings. The number of ether oxygens (including phenoxy) is 1. The van der Waals surface area contributed by atoms with Crippen LogP contribution in [-0.4, -0.2) is 24.7 Å². The molecule has 1 rings (SSSR count). The van der Waals surface area contributed by atoms with Crippen molar-refractivity contribution in [2.45, 2.75) is 20.3 Å². The Kier molecular flexibility index (Phi) is 4.82. The number of hydrogen-bond donors (Lipinski definition) is 2. The average Bonchev–Trinajstić information content (AvgIpc) is 2.36. The van der Waals surface area contributed by atoms with Crippen LogP contribution in [0.5, 0.6) is 11.5 Å². The molecule has 17 heavy (non-hydrogen) atoms. The van der Waals surface area contributed by atoms with Gasteiger partial charge >= 0.3 is 0 Å². The summed E-state index contributed by atoms with van der Waals surface area (Å²) in [7, 11) is 1.52. The third-order valence-electron chi connectivity index (χ3n) is 2.76. The first-order valence-corrected chi connectivity index (χ1v) is 5.73. The minimum absolute atomic E-state index is 0.0348. The molecule has 0 bridgehead atoms. The minimum atomic E-state index is -0.276. The largest absolute Gasteiger partial charge is 0.507 e. The van der Waals surface area contributed by atoms with Gasteiger partial charge in [0.15, 0.2) is 0 Å². The molecule has 0 saturated heterocycles. The first-order valence-electron chi connectivity index (χ1n) is 5.73. The molecule has 1 atom stereocenters. The summed E-state index contributed by atoms with van der Waals surface area (Å²) in [5.74, 6) is 0.664. The van der Waals surface area contributed by atoms with Gasteiger partial charge in [-0.1, -0.05) is 20.3 Å². The van der Waals surface area contributed by atoms with Crippen LogP contribution < -0.4 is 10.1 Å². The van der Waals surface area contributed by atoms with Crippen LogP contribution in [0.2, 0.25) is 0 Å². The second kappa shape index (κ2) is 6.13. The number of carbonyl (C=O) groups excluding carboxylic acids is 1. The second-order valence-electron chi connectivity index (χ2n) is 4.11. The quantitative estimate of drug-likeness (QED) is 0.825. The zero-order chi connectivity index (χ0) is 12.8. The molecule has 4 nitrogen and oxygen atoms in total. The molecule has 94 valence electrons. The Labute approximate surface area is 102 Å². The highest BCUT2D eigenvalue weighted by Crippen LogP contribution is 2.22. The molecule has 0 saturated carbocycles. The first kappa shape index (κ1) is 13.4. The zero-order valence-corrected chi connectivity index (χ0v) is 10.5. The number of amides is 1. The van der Waals surface area contributed by atoms with Crippen molar-refractivity contribution in [1.82, 2.24) is 5.32 Å². The maximum Gasteiger partial charge on any atom is 0.255 e. The highest BCUT2D eigenvalue weighted by atomic mass is 16.5. The predicted molar refractivity (Wildman–Crippen MR) is 66.4 cm³/mol. The first-order chi connectivity index (χ1) is 8.08. The summed E-state index contributed by atoms with van der Waals surface area (Å²) in [4.78, 5) is 11.8. The van der Waals surface area contributed by atoms with E-state index in [0.717, 1.165) is 6.42 Å². The van der Waals surface area contributed by atoms with Gasteiger partial charge in [0.25, 0.3) is 5.91 Å². The third kappa shape index (κ3) is 3.66. The summed E-state index contributed by atoms with van der Waals surface area (Å²) in [5.41, 5.74) is 0.243. The molecule has 0 aliphatic carbocycles. The lowest BCUT2D eigenvalue weighted by atomic mass is 10.1. The molecule has 0 radical (unpaired) electrons. The molecule has 4 heteroatoms. The normalized spacial score (nSPS) is 11.9. The number of aromatic hydroxyl groups is 1. The van der Waals surface area contributed by atoms with Crippen molar-refractivity contribution in [3.8, 4) is 11.5 Å². The minimum Gasteiger partial charge on any atom is -0.507 e. The van der Waals surface area contributed by atoms with E-state index in [1.165, 1.54) is 19.2 Å². The molecule has 0 aliphatic rings. The van der Waals surface area contributed by atoms with Crippen LogP contribution in [0.15, 0.2) is 18.2 Å². The van der Waals surface area contributed by atoms with Gasteiger partial charge in [0.2, 0.25) is 0 Å². The monoisotopic (exact) mass is 237 g/mol. The van der Waals surface area contributed by atoms with E-state index in [1.54, 1.807) is 6.07 Å². The SMILES string of the molecule is CCC(C)CNC(=O)c1cc(OC)ccc1O. The maximum atomic E-state index is 11.8. The molecule has 1 amide bonds. The Balaban J connectivity index is 2.74. The van der Waals surface area contributed by atoms with Crippen LogP contribution in [-0.2, 0) is 0 Å². The average molecular weight is 237 g/mol. The fourth-order valence-electron chi connectivity index (χ4n) is 1.33. The van der Waals surface area contributed by atoms with Gasteiger partial charge in [0.05, 0.1) is 12.7 Å². The molecule has 1 unspecified atom stereocenters. The second-order valence-corrected chi connectivity index (χ2v) is 4.11. The van der Waals surface area contributed by atoms with Gasteiger partial charge in [-0.25, -0.2) is 0 Å². The van der Waals surface area contributed by atoms with Crippen LogP contribution in [0.4, 0.5) is 0 Å². The number of phenolic OH excluding ortho intramolecular Hbond substituents is 1. The molecule has 1 aromatic rings. The van der Waals surface area contributed by atoms with Crippen LogP contribution in [0.25, 0.3) is 0 Å². The summed E-state index contributed by atoms with van der Waals surface area (Å²) in [5, 5.41) is 12.4. The molecule has 0 heterocycles.